The van der Waals surface area contributed by atoms with E-state index in [2.05, 4.69) is 10.3 Å². The summed E-state index contributed by atoms with van der Waals surface area (Å²) >= 11 is 0. The SMILES string of the molecule is COCCN(C)C(C)=Nc1ccc2c(c1)[C@@H](NC(=O)c1ccc(-c3ccccc3F)cc1F)[C@H](O)C2. The molecule has 4 rings (SSSR count). The van der Waals surface area contributed by atoms with Crippen molar-refractivity contribution in [3.8, 4) is 11.1 Å². The smallest absolute Gasteiger partial charge is 0.254 e. The first-order chi connectivity index (χ1) is 17.3. The molecule has 0 aromatic heterocycles. The molecular formula is C28H29F2N3O3. The molecule has 1 amide bonds. The Morgan fingerprint density at radius 1 is 1.14 bits per heavy atom. The topological polar surface area (TPSA) is 74.2 Å². The zero-order valence-corrected chi connectivity index (χ0v) is 20.5. The maximum absolute atomic E-state index is 14.9. The summed E-state index contributed by atoms with van der Waals surface area (Å²) in [5, 5.41) is 13.4. The van der Waals surface area contributed by atoms with Gasteiger partial charge in [-0.25, -0.2) is 13.8 Å². The van der Waals surface area contributed by atoms with E-state index in [1.54, 1.807) is 25.3 Å². The second kappa shape index (κ2) is 11.0. The Hall–Kier alpha value is -3.62. The van der Waals surface area contributed by atoms with Crippen LogP contribution in [0.2, 0.25) is 0 Å². The van der Waals surface area contributed by atoms with Crippen LogP contribution in [0.5, 0.6) is 0 Å². The maximum Gasteiger partial charge on any atom is 0.254 e. The largest absolute Gasteiger partial charge is 0.390 e. The number of aliphatic hydroxyl groups excluding tert-OH is 1. The van der Waals surface area contributed by atoms with Crippen molar-refractivity contribution in [3.63, 3.8) is 0 Å². The molecule has 2 atom stereocenters. The van der Waals surface area contributed by atoms with E-state index >= 15 is 0 Å². The molecule has 0 radical (unpaired) electrons. The Kier molecular flexibility index (Phi) is 7.76. The molecule has 0 bridgehead atoms. The molecule has 2 N–H and O–H groups in total. The fourth-order valence-corrected chi connectivity index (χ4v) is 4.29. The highest BCUT2D eigenvalue weighted by Gasteiger charge is 2.33. The average molecular weight is 494 g/mol. The molecule has 0 aliphatic heterocycles. The predicted molar refractivity (Wildman–Crippen MR) is 135 cm³/mol. The summed E-state index contributed by atoms with van der Waals surface area (Å²) in [6.07, 6.45) is -0.486. The number of ether oxygens (including phenoxy) is 1. The van der Waals surface area contributed by atoms with Gasteiger partial charge in [0.2, 0.25) is 0 Å². The number of amides is 1. The van der Waals surface area contributed by atoms with Crippen molar-refractivity contribution in [2.75, 3.05) is 27.3 Å². The molecule has 1 aliphatic carbocycles. The van der Waals surface area contributed by atoms with E-state index in [1.807, 2.05) is 37.1 Å². The number of carbonyl (C=O) groups is 1. The lowest BCUT2D eigenvalue weighted by molar-refractivity contribution is 0.0854. The molecule has 0 spiro atoms. The third-order valence-corrected chi connectivity index (χ3v) is 6.44. The van der Waals surface area contributed by atoms with Gasteiger partial charge < -0.3 is 20.1 Å². The lowest BCUT2D eigenvalue weighted by atomic mass is 10.0. The number of carbonyl (C=O) groups excluding carboxylic acids is 1. The molecule has 1 aliphatic rings. The van der Waals surface area contributed by atoms with Gasteiger partial charge in [0.05, 0.1) is 30.0 Å². The van der Waals surface area contributed by atoms with Crippen LogP contribution in [0.3, 0.4) is 0 Å². The third kappa shape index (κ3) is 5.45. The van der Waals surface area contributed by atoms with Gasteiger partial charge in [-0.15, -0.1) is 0 Å². The minimum atomic E-state index is -0.852. The number of likely N-dealkylation sites (N-methyl/N-ethyl adjacent to an activating group) is 1. The number of rotatable bonds is 7. The molecule has 36 heavy (non-hydrogen) atoms. The van der Waals surface area contributed by atoms with Crippen LogP contribution in [0, 0.1) is 11.6 Å². The van der Waals surface area contributed by atoms with Crippen molar-refractivity contribution in [3.05, 3.63) is 89.0 Å². The zero-order chi connectivity index (χ0) is 25.8. The van der Waals surface area contributed by atoms with Crippen molar-refractivity contribution in [1.29, 1.82) is 0 Å². The van der Waals surface area contributed by atoms with E-state index < -0.39 is 29.7 Å². The fraction of sp³-hybridized carbons (Fsp3) is 0.286. The number of halogens is 2. The maximum atomic E-state index is 14.9. The number of hydrogen-bond donors (Lipinski definition) is 2. The van der Waals surface area contributed by atoms with E-state index in [0.29, 0.717) is 30.8 Å². The molecule has 3 aromatic rings. The van der Waals surface area contributed by atoms with Gasteiger partial charge in [-0.2, -0.15) is 0 Å². The Balaban J connectivity index is 1.54. The summed E-state index contributed by atoms with van der Waals surface area (Å²) in [5.74, 6) is -1.11. The van der Waals surface area contributed by atoms with Gasteiger partial charge >= 0.3 is 0 Å². The van der Waals surface area contributed by atoms with Crippen molar-refractivity contribution in [1.82, 2.24) is 10.2 Å². The third-order valence-electron chi connectivity index (χ3n) is 6.44. The number of aliphatic hydroxyl groups is 1. The van der Waals surface area contributed by atoms with Gasteiger partial charge in [0.1, 0.15) is 17.5 Å². The lowest BCUT2D eigenvalue weighted by Crippen LogP contribution is -2.34. The molecule has 0 fully saturated rings. The Morgan fingerprint density at radius 3 is 2.64 bits per heavy atom. The Labute approximate surface area is 209 Å². The molecular weight excluding hydrogens is 464 g/mol. The van der Waals surface area contributed by atoms with Crippen molar-refractivity contribution in [2.45, 2.75) is 25.5 Å². The van der Waals surface area contributed by atoms with Gasteiger partial charge in [0.15, 0.2) is 0 Å². The fourth-order valence-electron chi connectivity index (χ4n) is 4.29. The van der Waals surface area contributed by atoms with Gasteiger partial charge in [0, 0.05) is 32.7 Å². The van der Waals surface area contributed by atoms with Crippen molar-refractivity contribution in [2.24, 2.45) is 4.99 Å². The normalized spacial score (nSPS) is 17.1. The molecule has 3 aromatic carbocycles. The number of nitrogens with one attached hydrogen (secondary N) is 1. The minimum Gasteiger partial charge on any atom is -0.390 e. The summed E-state index contributed by atoms with van der Waals surface area (Å²) < 4.78 is 34.1. The van der Waals surface area contributed by atoms with E-state index in [0.717, 1.165) is 23.0 Å². The van der Waals surface area contributed by atoms with Crippen LogP contribution in [-0.4, -0.2) is 55.2 Å². The van der Waals surface area contributed by atoms with Crippen LogP contribution in [0.4, 0.5) is 14.5 Å². The Morgan fingerprint density at radius 2 is 1.92 bits per heavy atom. The highest BCUT2D eigenvalue weighted by Crippen LogP contribution is 2.35. The van der Waals surface area contributed by atoms with Crippen molar-refractivity contribution >= 4 is 17.4 Å². The van der Waals surface area contributed by atoms with Crippen molar-refractivity contribution < 1.29 is 23.4 Å². The molecule has 8 heteroatoms. The van der Waals surface area contributed by atoms with Crippen LogP contribution in [0.15, 0.2) is 65.7 Å². The van der Waals surface area contributed by atoms with Crippen LogP contribution in [-0.2, 0) is 11.2 Å². The Bertz CT molecular complexity index is 1290. The number of benzene rings is 3. The number of hydrogen-bond acceptors (Lipinski definition) is 4. The second-order valence-corrected chi connectivity index (χ2v) is 8.85. The summed E-state index contributed by atoms with van der Waals surface area (Å²) in [5.41, 5.74) is 2.73. The average Bonchev–Trinajstić information content (AvgIpc) is 3.16. The van der Waals surface area contributed by atoms with Gasteiger partial charge in [-0.05, 0) is 53.9 Å². The molecule has 0 saturated carbocycles. The summed E-state index contributed by atoms with van der Waals surface area (Å²) in [6.45, 7) is 3.16. The van der Waals surface area contributed by atoms with Crippen LogP contribution in [0.1, 0.15) is 34.5 Å². The molecule has 0 saturated heterocycles. The van der Waals surface area contributed by atoms with Crippen LogP contribution in [0.25, 0.3) is 11.1 Å². The van der Waals surface area contributed by atoms with Crippen LogP contribution < -0.4 is 5.32 Å². The van der Waals surface area contributed by atoms with E-state index in [4.69, 9.17) is 4.74 Å². The van der Waals surface area contributed by atoms with E-state index in [9.17, 15) is 18.7 Å². The minimum absolute atomic E-state index is 0.180. The van der Waals surface area contributed by atoms with Gasteiger partial charge in [-0.1, -0.05) is 30.3 Å². The van der Waals surface area contributed by atoms with Gasteiger partial charge in [0.25, 0.3) is 5.91 Å². The number of amidine groups is 1. The highest BCUT2D eigenvalue weighted by atomic mass is 19.1. The molecule has 6 nitrogen and oxygen atoms in total. The summed E-state index contributed by atoms with van der Waals surface area (Å²) in [6, 6.07) is 14.9. The highest BCUT2D eigenvalue weighted by molar-refractivity contribution is 5.95. The zero-order valence-electron chi connectivity index (χ0n) is 20.5. The first-order valence-corrected chi connectivity index (χ1v) is 11.7. The standard InChI is InChI=1S/C28H29F2N3O3/c1-17(33(2)12-13-36-3)31-20-10-8-19-15-26(34)27(23(19)16-20)32-28(35)22-11-9-18(14-25(22)30)21-6-4-5-7-24(21)29/h4-11,14,16,26-27,34H,12-13,15H2,1-3H3,(H,32,35)/t26-,27-/m1/s1. The number of nitrogens with zero attached hydrogens (tertiary/aromatic N) is 2. The number of aliphatic imine (C=N–C) groups is 1. The second-order valence-electron chi connectivity index (χ2n) is 8.85. The van der Waals surface area contributed by atoms with E-state index in [-0.39, 0.29) is 11.1 Å². The monoisotopic (exact) mass is 493 g/mol. The van der Waals surface area contributed by atoms with E-state index in [1.165, 1.54) is 18.2 Å². The first-order valence-electron chi connectivity index (χ1n) is 11.7. The summed E-state index contributed by atoms with van der Waals surface area (Å²) in [7, 11) is 3.56. The molecule has 0 unspecified atom stereocenters. The first kappa shape index (κ1) is 25.5. The molecule has 188 valence electrons. The van der Waals surface area contributed by atoms with Gasteiger partial charge in [-0.3, -0.25) is 4.79 Å². The number of fused-ring (bicyclic) bond motifs is 1. The predicted octanol–water partition coefficient (Wildman–Crippen LogP) is 4.65. The number of methoxy groups -OCH3 is 1. The van der Waals surface area contributed by atoms with Crippen LogP contribution >= 0.6 is 0 Å². The lowest BCUT2D eigenvalue weighted by Gasteiger charge is -2.19. The summed E-state index contributed by atoms with van der Waals surface area (Å²) in [4.78, 5) is 19.6. The molecule has 0 heterocycles. The quantitative estimate of drug-likeness (QED) is 0.371.